The van der Waals surface area contributed by atoms with Crippen LogP contribution in [0.15, 0.2) is 78.9 Å². The first-order chi connectivity index (χ1) is 13.0. The largest absolute Gasteiger partial charge is 0.478 e. The molecule has 0 radical (unpaired) electrons. The van der Waals surface area contributed by atoms with Gasteiger partial charge in [-0.2, -0.15) is 0 Å². The zero-order chi connectivity index (χ0) is 19.2. The first-order valence-corrected chi connectivity index (χ1v) is 8.14. The number of amides is 2. The number of nitrogens with one attached hydrogen (secondary N) is 2. The van der Waals surface area contributed by atoms with E-state index in [0.29, 0.717) is 22.5 Å². The Morgan fingerprint density at radius 2 is 1.19 bits per heavy atom. The number of hydrogen-bond donors (Lipinski definition) is 3. The first-order valence-electron chi connectivity index (χ1n) is 8.14. The van der Waals surface area contributed by atoms with Gasteiger partial charge in [0.25, 0.3) is 11.8 Å². The van der Waals surface area contributed by atoms with Gasteiger partial charge in [-0.25, -0.2) is 4.79 Å². The SMILES string of the molecule is O=C(O)c1ccc(NC(=O)c2cccc(NC(=O)c3ccccc3)c2)cc1. The summed E-state index contributed by atoms with van der Waals surface area (Å²) in [6.07, 6.45) is 0. The maximum Gasteiger partial charge on any atom is 0.335 e. The molecule has 0 fully saturated rings. The van der Waals surface area contributed by atoms with E-state index >= 15 is 0 Å². The van der Waals surface area contributed by atoms with Crippen LogP contribution in [0.2, 0.25) is 0 Å². The maximum absolute atomic E-state index is 12.4. The summed E-state index contributed by atoms with van der Waals surface area (Å²) in [7, 11) is 0. The molecule has 3 aromatic carbocycles. The Hall–Kier alpha value is -3.93. The van der Waals surface area contributed by atoms with Crippen LogP contribution in [0.5, 0.6) is 0 Å². The van der Waals surface area contributed by atoms with E-state index < -0.39 is 5.97 Å². The van der Waals surface area contributed by atoms with Crippen LogP contribution < -0.4 is 10.6 Å². The number of anilines is 2. The van der Waals surface area contributed by atoms with E-state index in [-0.39, 0.29) is 17.4 Å². The molecule has 134 valence electrons. The van der Waals surface area contributed by atoms with E-state index in [4.69, 9.17) is 5.11 Å². The highest BCUT2D eigenvalue weighted by atomic mass is 16.4. The van der Waals surface area contributed by atoms with Gasteiger partial charge in [-0.05, 0) is 54.6 Å². The topological polar surface area (TPSA) is 95.5 Å². The maximum atomic E-state index is 12.4. The number of aromatic carboxylic acids is 1. The van der Waals surface area contributed by atoms with Crippen LogP contribution in [0.3, 0.4) is 0 Å². The Labute approximate surface area is 155 Å². The minimum atomic E-state index is -1.03. The Morgan fingerprint density at radius 3 is 1.85 bits per heavy atom. The van der Waals surface area contributed by atoms with Gasteiger partial charge in [0.15, 0.2) is 0 Å². The molecule has 0 saturated carbocycles. The molecule has 2 amide bonds. The second-order valence-corrected chi connectivity index (χ2v) is 5.74. The second kappa shape index (κ2) is 7.97. The quantitative estimate of drug-likeness (QED) is 0.643. The Bertz CT molecular complexity index is 983. The Kier molecular flexibility index (Phi) is 5.28. The highest BCUT2D eigenvalue weighted by molar-refractivity contribution is 6.07. The summed E-state index contributed by atoms with van der Waals surface area (Å²) in [5, 5.41) is 14.3. The van der Waals surface area contributed by atoms with Gasteiger partial charge in [0.05, 0.1) is 5.56 Å². The van der Waals surface area contributed by atoms with Gasteiger partial charge >= 0.3 is 5.97 Å². The van der Waals surface area contributed by atoms with Crippen molar-refractivity contribution >= 4 is 29.2 Å². The van der Waals surface area contributed by atoms with Crippen molar-refractivity contribution in [3.05, 3.63) is 95.6 Å². The Balaban J connectivity index is 1.70. The van der Waals surface area contributed by atoms with Crippen LogP contribution in [0.25, 0.3) is 0 Å². The minimum Gasteiger partial charge on any atom is -0.478 e. The van der Waals surface area contributed by atoms with E-state index in [1.807, 2.05) is 6.07 Å². The number of rotatable bonds is 5. The van der Waals surface area contributed by atoms with Crippen LogP contribution in [0.4, 0.5) is 11.4 Å². The van der Waals surface area contributed by atoms with Crippen LogP contribution in [0.1, 0.15) is 31.1 Å². The third-order valence-corrected chi connectivity index (χ3v) is 3.81. The van der Waals surface area contributed by atoms with Crippen molar-refractivity contribution in [3.8, 4) is 0 Å². The first kappa shape index (κ1) is 17.9. The molecule has 0 aliphatic rings. The lowest BCUT2D eigenvalue weighted by Gasteiger charge is -2.09. The monoisotopic (exact) mass is 360 g/mol. The minimum absolute atomic E-state index is 0.138. The number of carboxylic acids is 1. The van der Waals surface area contributed by atoms with E-state index in [1.54, 1.807) is 48.5 Å². The molecular formula is C21H16N2O4. The number of carboxylic acid groups (broad SMARTS) is 1. The lowest BCUT2D eigenvalue weighted by Crippen LogP contribution is -2.14. The average Bonchev–Trinajstić information content (AvgIpc) is 2.69. The van der Waals surface area contributed by atoms with E-state index in [1.165, 1.54) is 24.3 Å². The summed E-state index contributed by atoms with van der Waals surface area (Å²) in [4.78, 5) is 35.5. The molecule has 3 rings (SSSR count). The normalized spacial score (nSPS) is 10.1. The summed E-state index contributed by atoms with van der Waals surface area (Å²) in [5.74, 6) is -1.67. The van der Waals surface area contributed by atoms with Crippen molar-refractivity contribution in [1.82, 2.24) is 0 Å². The molecule has 6 heteroatoms. The summed E-state index contributed by atoms with van der Waals surface area (Å²) >= 11 is 0. The molecule has 0 aliphatic carbocycles. The van der Waals surface area contributed by atoms with Crippen LogP contribution >= 0.6 is 0 Å². The second-order valence-electron chi connectivity index (χ2n) is 5.74. The van der Waals surface area contributed by atoms with E-state index in [0.717, 1.165) is 0 Å². The average molecular weight is 360 g/mol. The molecule has 3 aromatic rings. The lowest BCUT2D eigenvalue weighted by molar-refractivity contribution is 0.0696. The third kappa shape index (κ3) is 4.58. The van der Waals surface area contributed by atoms with Crippen molar-refractivity contribution in [2.24, 2.45) is 0 Å². The van der Waals surface area contributed by atoms with Gasteiger partial charge in [0.2, 0.25) is 0 Å². The van der Waals surface area contributed by atoms with Crippen molar-refractivity contribution in [1.29, 1.82) is 0 Å². The highest BCUT2D eigenvalue weighted by Gasteiger charge is 2.10. The van der Waals surface area contributed by atoms with E-state index in [9.17, 15) is 14.4 Å². The molecule has 0 saturated heterocycles. The summed E-state index contributed by atoms with van der Waals surface area (Å²) in [5.41, 5.74) is 1.99. The number of carbonyl (C=O) groups excluding carboxylic acids is 2. The predicted octanol–water partition coefficient (Wildman–Crippen LogP) is 3.89. The number of benzene rings is 3. The number of carbonyl (C=O) groups is 3. The fraction of sp³-hybridized carbons (Fsp3) is 0. The molecular weight excluding hydrogens is 344 g/mol. The summed E-state index contributed by atoms with van der Waals surface area (Å²) < 4.78 is 0. The predicted molar refractivity (Wildman–Crippen MR) is 102 cm³/mol. The molecule has 0 unspecified atom stereocenters. The fourth-order valence-corrected chi connectivity index (χ4v) is 2.43. The van der Waals surface area contributed by atoms with Crippen LogP contribution in [0, 0.1) is 0 Å². The third-order valence-electron chi connectivity index (χ3n) is 3.81. The van der Waals surface area contributed by atoms with E-state index in [2.05, 4.69) is 10.6 Å². The van der Waals surface area contributed by atoms with Crippen LogP contribution in [-0.4, -0.2) is 22.9 Å². The molecule has 0 spiro atoms. The van der Waals surface area contributed by atoms with Gasteiger partial charge in [-0.3, -0.25) is 9.59 Å². The molecule has 3 N–H and O–H groups in total. The van der Waals surface area contributed by atoms with Crippen molar-refractivity contribution in [3.63, 3.8) is 0 Å². The number of hydrogen-bond acceptors (Lipinski definition) is 3. The van der Waals surface area contributed by atoms with Crippen LogP contribution in [-0.2, 0) is 0 Å². The smallest absolute Gasteiger partial charge is 0.335 e. The van der Waals surface area contributed by atoms with Gasteiger partial charge in [0.1, 0.15) is 0 Å². The van der Waals surface area contributed by atoms with Gasteiger partial charge in [-0.1, -0.05) is 24.3 Å². The molecule has 0 bridgehead atoms. The Morgan fingerprint density at radius 1 is 0.593 bits per heavy atom. The molecule has 27 heavy (non-hydrogen) atoms. The van der Waals surface area contributed by atoms with Gasteiger partial charge in [-0.15, -0.1) is 0 Å². The lowest BCUT2D eigenvalue weighted by atomic mass is 10.1. The van der Waals surface area contributed by atoms with Crippen molar-refractivity contribution in [2.75, 3.05) is 10.6 Å². The molecule has 0 atom stereocenters. The molecule has 0 aliphatic heterocycles. The van der Waals surface area contributed by atoms with Crippen molar-refractivity contribution < 1.29 is 19.5 Å². The molecule has 0 heterocycles. The summed E-state index contributed by atoms with van der Waals surface area (Å²) in [6.45, 7) is 0. The highest BCUT2D eigenvalue weighted by Crippen LogP contribution is 2.15. The molecule has 0 aromatic heterocycles. The summed E-state index contributed by atoms with van der Waals surface area (Å²) in [6, 6.07) is 21.2. The zero-order valence-corrected chi connectivity index (χ0v) is 14.2. The zero-order valence-electron chi connectivity index (χ0n) is 14.2. The van der Waals surface area contributed by atoms with Gasteiger partial charge in [0, 0.05) is 22.5 Å². The standard InChI is InChI=1S/C21H16N2O4/c24-19(14-5-2-1-3-6-14)23-18-8-4-7-16(13-18)20(25)22-17-11-9-15(10-12-17)21(26)27/h1-13H,(H,22,25)(H,23,24)(H,26,27). The van der Waals surface area contributed by atoms with Crippen molar-refractivity contribution in [2.45, 2.75) is 0 Å². The fourth-order valence-electron chi connectivity index (χ4n) is 2.43. The van der Waals surface area contributed by atoms with Gasteiger partial charge < -0.3 is 15.7 Å². The molecule has 6 nitrogen and oxygen atoms in total.